The van der Waals surface area contributed by atoms with Gasteiger partial charge in [0.15, 0.2) is 11.5 Å². The number of likely N-dealkylation sites (tertiary alicyclic amines) is 1. The van der Waals surface area contributed by atoms with Crippen molar-refractivity contribution in [1.82, 2.24) is 4.90 Å². The van der Waals surface area contributed by atoms with E-state index in [2.05, 4.69) is 0 Å². The first-order chi connectivity index (χ1) is 15.2. The SMILES string of the molecule is COc1ccc(CCN2C(=O)[C@H](Oc3ccccc3)[C@H]2c2ccc3c(c2)OCO3)cc1. The molecular weight excluding hydrogens is 394 g/mol. The summed E-state index contributed by atoms with van der Waals surface area (Å²) in [5, 5.41) is 0. The van der Waals surface area contributed by atoms with Crippen LogP contribution in [0, 0.1) is 0 Å². The summed E-state index contributed by atoms with van der Waals surface area (Å²) in [4.78, 5) is 14.9. The molecule has 2 heterocycles. The van der Waals surface area contributed by atoms with Crippen LogP contribution in [0.3, 0.4) is 0 Å². The van der Waals surface area contributed by atoms with Crippen molar-refractivity contribution in [2.75, 3.05) is 20.4 Å². The fourth-order valence-electron chi connectivity index (χ4n) is 4.02. The van der Waals surface area contributed by atoms with Crippen molar-refractivity contribution in [1.29, 1.82) is 0 Å². The first-order valence-corrected chi connectivity index (χ1v) is 10.3. The number of benzene rings is 3. The van der Waals surface area contributed by atoms with Crippen LogP contribution in [0.5, 0.6) is 23.0 Å². The highest BCUT2D eigenvalue weighted by Gasteiger charge is 2.50. The molecule has 0 spiro atoms. The summed E-state index contributed by atoms with van der Waals surface area (Å²) in [6.07, 6.45) is 0.174. The topological polar surface area (TPSA) is 57.2 Å². The molecule has 0 radical (unpaired) electrons. The lowest BCUT2D eigenvalue weighted by atomic mass is 9.89. The summed E-state index contributed by atoms with van der Waals surface area (Å²) in [5.41, 5.74) is 2.12. The third-order valence-electron chi connectivity index (χ3n) is 5.69. The summed E-state index contributed by atoms with van der Waals surface area (Å²) < 4.78 is 22.3. The number of amides is 1. The highest BCUT2D eigenvalue weighted by Crippen LogP contribution is 2.42. The molecule has 5 rings (SSSR count). The van der Waals surface area contributed by atoms with Gasteiger partial charge in [0.25, 0.3) is 5.91 Å². The maximum atomic E-state index is 13.0. The Morgan fingerprint density at radius 3 is 2.48 bits per heavy atom. The van der Waals surface area contributed by atoms with E-state index >= 15 is 0 Å². The molecule has 0 bridgehead atoms. The lowest BCUT2D eigenvalue weighted by Gasteiger charge is -2.47. The normalized spacial score (nSPS) is 19.1. The van der Waals surface area contributed by atoms with Gasteiger partial charge in [-0.05, 0) is 53.9 Å². The van der Waals surface area contributed by atoms with Crippen LogP contribution < -0.4 is 18.9 Å². The minimum atomic E-state index is -0.571. The van der Waals surface area contributed by atoms with E-state index in [9.17, 15) is 4.79 Å². The predicted molar refractivity (Wildman–Crippen MR) is 115 cm³/mol. The Bertz CT molecular complexity index is 1070. The number of rotatable bonds is 7. The summed E-state index contributed by atoms with van der Waals surface area (Å²) in [7, 11) is 1.65. The molecule has 3 aromatic carbocycles. The molecule has 0 aliphatic carbocycles. The Morgan fingerprint density at radius 1 is 0.935 bits per heavy atom. The summed E-state index contributed by atoms with van der Waals surface area (Å²) in [5.74, 6) is 2.91. The molecular formula is C25H23NO5. The Hall–Kier alpha value is -3.67. The highest BCUT2D eigenvalue weighted by molar-refractivity contribution is 5.89. The number of fused-ring (bicyclic) bond motifs is 1. The number of ether oxygens (including phenoxy) is 4. The summed E-state index contributed by atoms with van der Waals surface area (Å²) >= 11 is 0. The molecule has 2 atom stereocenters. The predicted octanol–water partition coefficient (Wildman–Crippen LogP) is 4.00. The molecule has 31 heavy (non-hydrogen) atoms. The van der Waals surface area contributed by atoms with Gasteiger partial charge in [-0.2, -0.15) is 0 Å². The average Bonchev–Trinajstić information content (AvgIpc) is 3.29. The van der Waals surface area contributed by atoms with Gasteiger partial charge in [0.1, 0.15) is 17.5 Å². The van der Waals surface area contributed by atoms with Crippen molar-refractivity contribution in [3.05, 3.63) is 83.9 Å². The summed E-state index contributed by atoms with van der Waals surface area (Å²) in [6, 6.07) is 23.0. The third-order valence-corrected chi connectivity index (χ3v) is 5.69. The quantitative estimate of drug-likeness (QED) is 0.544. The number of para-hydroxylation sites is 1. The zero-order chi connectivity index (χ0) is 21.2. The van der Waals surface area contributed by atoms with Gasteiger partial charge >= 0.3 is 0 Å². The fourth-order valence-corrected chi connectivity index (χ4v) is 4.02. The van der Waals surface area contributed by atoms with Crippen LogP contribution in [0.2, 0.25) is 0 Å². The maximum Gasteiger partial charge on any atom is 0.266 e. The van der Waals surface area contributed by atoms with Crippen LogP contribution >= 0.6 is 0 Å². The van der Waals surface area contributed by atoms with Crippen LogP contribution in [0.4, 0.5) is 0 Å². The number of β-lactam (4-membered cyclic amide) rings is 1. The van der Waals surface area contributed by atoms with Gasteiger partial charge < -0.3 is 23.8 Å². The van der Waals surface area contributed by atoms with E-state index in [4.69, 9.17) is 18.9 Å². The number of methoxy groups -OCH3 is 1. The second-order valence-electron chi connectivity index (χ2n) is 7.54. The number of nitrogens with zero attached hydrogens (tertiary/aromatic N) is 1. The number of hydrogen-bond acceptors (Lipinski definition) is 5. The van der Waals surface area contributed by atoms with E-state index in [-0.39, 0.29) is 18.7 Å². The van der Waals surface area contributed by atoms with E-state index in [1.807, 2.05) is 77.7 Å². The first kappa shape index (κ1) is 19.3. The van der Waals surface area contributed by atoms with E-state index in [1.54, 1.807) is 7.11 Å². The van der Waals surface area contributed by atoms with Crippen molar-refractivity contribution in [2.24, 2.45) is 0 Å². The zero-order valence-electron chi connectivity index (χ0n) is 17.2. The largest absolute Gasteiger partial charge is 0.497 e. The van der Waals surface area contributed by atoms with Crippen LogP contribution in [0.25, 0.3) is 0 Å². The summed E-state index contributed by atoms with van der Waals surface area (Å²) in [6.45, 7) is 0.812. The van der Waals surface area contributed by atoms with Crippen LogP contribution in [0.1, 0.15) is 17.2 Å². The monoisotopic (exact) mass is 417 g/mol. The molecule has 6 nitrogen and oxygen atoms in total. The number of hydrogen-bond donors (Lipinski definition) is 0. The van der Waals surface area contributed by atoms with Crippen LogP contribution in [-0.2, 0) is 11.2 Å². The molecule has 0 aromatic heterocycles. The fraction of sp³-hybridized carbons (Fsp3) is 0.240. The molecule has 2 aliphatic rings. The van der Waals surface area contributed by atoms with Gasteiger partial charge in [0, 0.05) is 6.54 Å². The molecule has 1 saturated heterocycles. The van der Waals surface area contributed by atoms with Gasteiger partial charge in [-0.1, -0.05) is 36.4 Å². The van der Waals surface area contributed by atoms with Gasteiger partial charge in [-0.25, -0.2) is 0 Å². The molecule has 1 amide bonds. The minimum Gasteiger partial charge on any atom is -0.497 e. The van der Waals surface area contributed by atoms with Crippen LogP contribution in [-0.4, -0.2) is 37.4 Å². The second-order valence-corrected chi connectivity index (χ2v) is 7.54. The molecule has 0 saturated carbocycles. The minimum absolute atomic E-state index is 0.0139. The standard InChI is InChI=1S/C25H23NO5/c1-28-19-10-7-17(8-11-19)13-14-26-23(18-9-12-21-22(15-18)30-16-29-21)24(25(26)27)31-20-5-3-2-4-6-20/h2-12,15,23-24H,13-14,16H2,1H3/t23-,24-/m1/s1. The van der Waals surface area contributed by atoms with Gasteiger partial charge in [0.05, 0.1) is 7.11 Å². The lowest BCUT2D eigenvalue weighted by molar-refractivity contribution is -0.164. The maximum absolute atomic E-state index is 13.0. The smallest absolute Gasteiger partial charge is 0.266 e. The Balaban J connectivity index is 1.37. The van der Waals surface area contributed by atoms with Crippen molar-refractivity contribution < 1.29 is 23.7 Å². The van der Waals surface area contributed by atoms with E-state index < -0.39 is 6.10 Å². The Kier molecular flexibility index (Phi) is 5.12. The Morgan fingerprint density at radius 2 is 1.71 bits per heavy atom. The molecule has 1 fully saturated rings. The third kappa shape index (κ3) is 3.77. The number of carbonyl (C=O) groups excluding carboxylic acids is 1. The zero-order valence-corrected chi connectivity index (χ0v) is 17.2. The van der Waals surface area contributed by atoms with Gasteiger partial charge in [0.2, 0.25) is 12.9 Å². The van der Waals surface area contributed by atoms with E-state index in [0.29, 0.717) is 18.0 Å². The number of carbonyl (C=O) groups is 1. The van der Waals surface area contributed by atoms with Crippen molar-refractivity contribution in [3.63, 3.8) is 0 Å². The molecule has 0 N–H and O–H groups in total. The van der Waals surface area contributed by atoms with Gasteiger partial charge in [-0.15, -0.1) is 0 Å². The van der Waals surface area contributed by atoms with E-state index in [1.165, 1.54) is 0 Å². The second kappa shape index (κ2) is 8.22. The molecule has 2 aliphatic heterocycles. The van der Waals surface area contributed by atoms with Crippen LogP contribution in [0.15, 0.2) is 72.8 Å². The molecule has 6 heteroatoms. The van der Waals surface area contributed by atoms with Crippen molar-refractivity contribution >= 4 is 5.91 Å². The lowest BCUT2D eigenvalue weighted by Crippen LogP contribution is -2.61. The Labute approximate surface area is 180 Å². The molecule has 0 unspecified atom stereocenters. The highest BCUT2D eigenvalue weighted by atomic mass is 16.7. The first-order valence-electron chi connectivity index (χ1n) is 10.3. The average molecular weight is 417 g/mol. The van der Waals surface area contributed by atoms with Crippen molar-refractivity contribution in [2.45, 2.75) is 18.6 Å². The van der Waals surface area contributed by atoms with Crippen molar-refractivity contribution in [3.8, 4) is 23.0 Å². The van der Waals surface area contributed by atoms with E-state index in [0.717, 1.165) is 29.0 Å². The molecule has 158 valence electrons. The van der Waals surface area contributed by atoms with Gasteiger partial charge in [-0.3, -0.25) is 4.79 Å². The molecule has 3 aromatic rings.